The maximum absolute atomic E-state index is 13.1. The van der Waals surface area contributed by atoms with Gasteiger partial charge in [-0.25, -0.2) is 0 Å². The van der Waals surface area contributed by atoms with Crippen molar-refractivity contribution in [2.75, 3.05) is 40.4 Å². The fourth-order valence-corrected chi connectivity index (χ4v) is 2.75. The summed E-state index contributed by atoms with van der Waals surface area (Å²) in [6.07, 6.45) is -5.15. The van der Waals surface area contributed by atoms with E-state index in [9.17, 15) is 13.2 Å². The average molecular weight is 318 g/mol. The molecular weight excluding hydrogens is 297 g/mol. The Morgan fingerprint density at radius 2 is 1.86 bits per heavy atom. The summed E-state index contributed by atoms with van der Waals surface area (Å²) in [5, 5.41) is 3.16. The number of hydrogen-bond acceptors (Lipinski definition) is 4. The topological polar surface area (TPSA) is 33.7 Å². The van der Waals surface area contributed by atoms with E-state index in [4.69, 9.17) is 9.47 Å². The molecule has 0 amide bonds. The highest BCUT2D eigenvalue weighted by atomic mass is 19.4. The van der Waals surface area contributed by atoms with Crippen LogP contribution in [0.5, 0.6) is 11.5 Å². The second-order valence-corrected chi connectivity index (χ2v) is 5.23. The van der Waals surface area contributed by atoms with Crippen molar-refractivity contribution in [1.82, 2.24) is 10.2 Å². The molecule has 2 rings (SSSR count). The van der Waals surface area contributed by atoms with Crippen molar-refractivity contribution in [3.63, 3.8) is 0 Å². The quantitative estimate of drug-likeness (QED) is 0.905. The summed E-state index contributed by atoms with van der Waals surface area (Å²) >= 11 is 0. The maximum Gasteiger partial charge on any atom is 0.390 e. The first kappa shape index (κ1) is 16.9. The van der Waals surface area contributed by atoms with Gasteiger partial charge in [0.2, 0.25) is 0 Å². The zero-order valence-electron chi connectivity index (χ0n) is 12.7. The Morgan fingerprint density at radius 1 is 1.18 bits per heavy atom. The summed E-state index contributed by atoms with van der Waals surface area (Å²) < 4.78 is 49.6. The molecule has 124 valence electrons. The van der Waals surface area contributed by atoms with Crippen LogP contribution >= 0.6 is 0 Å². The maximum atomic E-state index is 13.1. The molecule has 1 fully saturated rings. The van der Waals surface area contributed by atoms with Crippen LogP contribution in [0.2, 0.25) is 0 Å². The molecule has 1 N–H and O–H groups in total. The van der Waals surface area contributed by atoms with Crippen LogP contribution in [0.25, 0.3) is 0 Å². The van der Waals surface area contributed by atoms with E-state index in [-0.39, 0.29) is 0 Å². The molecule has 4 nitrogen and oxygen atoms in total. The lowest BCUT2D eigenvalue weighted by molar-refractivity contribution is -0.148. The molecule has 1 heterocycles. The Labute approximate surface area is 128 Å². The molecule has 1 saturated heterocycles. The van der Waals surface area contributed by atoms with Crippen LogP contribution in [0.15, 0.2) is 18.2 Å². The first-order valence-electron chi connectivity index (χ1n) is 7.18. The van der Waals surface area contributed by atoms with Gasteiger partial charge in [0.05, 0.1) is 20.6 Å². The van der Waals surface area contributed by atoms with Crippen molar-refractivity contribution in [1.29, 1.82) is 0 Å². The largest absolute Gasteiger partial charge is 0.497 e. The van der Waals surface area contributed by atoms with Gasteiger partial charge in [-0.15, -0.1) is 0 Å². The highest BCUT2D eigenvalue weighted by molar-refractivity contribution is 5.42. The van der Waals surface area contributed by atoms with E-state index in [1.807, 2.05) is 4.90 Å². The second-order valence-electron chi connectivity index (χ2n) is 5.23. The lowest BCUT2D eigenvalue weighted by Gasteiger charge is -2.36. The van der Waals surface area contributed by atoms with E-state index in [1.54, 1.807) is 18.2 Å². The molecule has 0 bridgehead atoms. The minimum Gasteiger partial charge on any atom is -0.497 e. The number of piperazine rings is 1. The van der Waals surface area contributed by atoms with E-state index in [0.29, 0.717) is 43.2 Å². The molecule has 0 unspecified atom stereocenters. The number of ether oxygens (including phenoxy) is 2. The standard InChI is InChI=1S/C15H21F3N2O2/c1-21-11-3-4-14(22-2)12(9-11)13(10-15(16,17)18)20-7-5-19-6-8-20/h3-4,9,13,19H,5-8,10H2,1-2H3/t13-/m1/s1. The number of nitrogens with zero attached hydrogens (tertiary/aromatic N) is 1. The summed E-state index contributed by atoms with van der Waals surface area (Å²) in [4.78, 5) is 1.85. The van der Waals surface area contributed by atoms with Crippen LogP contribution in [0.4, 0.5) is 13.2 Å². The second kappa shape index (κ2) is 7.19. The number of nitrogens with one attached hydrogen (secondary N) is 1. The van der Waals surface area contributed by atoms with Gasteiger partial charge in [-0.3, -0.25) is 4.90 Å². The lowest BCUT2D eigenvalue weighted by Crippen LogP contribution is -2.46. The molecule has 22 heavy (non-hydrogen) atoms. The van der Waals surface area contributed by atoms with Crippen LogP contribution in [0.1, 0.15) is 18.0 Å². The van der Waals surface area contributed by atoms with E-state index in [1.165, 1.54) is 14.2 Å². The first-order chi connectivity index (χ1) is 10.4. The molecule has 1 aromatic rings. The monoisotopic (exact) mass is 318 g/mol. The van der Waals surface area contributed by atoms with Crippen molar-refractivity contribution >= 4 is 0 Å². The van der Waals surface area contributed by atoms with Crippen LogP contribution in [0, 0.1) is 0 Å². The fraction of sp³-hybridized carbons (Fsp3) is 0.600. The van der Waals surface area contributed by atoms with Crippen molar-refractivity contribution in [2.45, 2.75) is 18.6 Å². The summed E-state index contributed by atoms with van der Waals surface area (Å²) in [7, 11) is 2.96. The predicted molar refractivity (Wildman–Crippen MR) is 77.4 cm³/mol. The molecule has 1 aliphatic rings. The van der Waals surface area contributed by atoms with Gasteiger partial charge < -0.3 is 14.8 Å². The Morgan fingerprint density at radius 3 is 2.41 bits per heavy atom. The third-order valence-electron chi connectivity index (χ3n) is 3.81. The zero-order chi connectivity index (χ0) is 16.2. The molecule has 7 heteroatoms. The lowest BCUT2D eigenvalue weighted by atomic mass is 9.99. The molecule has 1 atom stereocenters. The molecule has 0 spiro atoms. The number of hydrogen-bond donors (Lipinski definition) is 1. The minimum absolute atomic E-state index is 0.452. The Kier molecular flexibility index (Phi) is 5.52. The van der Waals surface area contributed by atoms with Crippen molar-refractivity contribution in [3.05, 3.63) is 23.8 Å². The number of benzene rings is 1. The van der Waals surface area contributed by atoms with Gasteiger partial charge in [0, 0.05) is 37.8 Å². The first-order valence-corrected chi connectivity index (χ1v) is 7.18. The number of methoxy groups -OCH3 is 2. The molecule has 1 aliphatic heterocycles. The van der Waals surface area contributed by atoms with Gasteiger partial charge in [-0.05, 0) is 18.2 Å². The smallest absolute Gasteiger partial charge is 0.390 e. The molecule has 0 radical (unpaired) electrons. The van der Waals surface area contributed by atoms with E-state index in [0.717, 1.165) is 0 Å². The van der Waals surface area contributed by atoms with E-state index in [2.05, 4.69) is 5.32 Å². The number of rotatable bonds is 5. The molecule has 0 saturated carbocycles. The van der Waals surface area contributed by atoms with Gasteiger partial charge in [-0.1, -0.05) is 0 Å². The van der Waals surface area contributed by atoms with Gasteiger partial charge in [0.1, 0.15) is 11.5 Å². The third kappa shape index (κ3) is 4.27. The number of alkyl halides is 3. The summed E-state index contributed by atoms with van der Waals surface area (Å²) in [6.45, 7) is 2.50. The fourth-order valence-electron chi connectivity index (χ4n) is 2.75. The van der Waals surface area contributed by atoms with E-state index < -0.39 is 18.6 Å². The van der Waals surface area contributed by atoms with Gasteiger partial charge in [-0.2, -0.15) is 13.2 Å². The third-order valence-corrected chi connectivity index (χ3v) is 3.81. The van der Waals surface area contributed by atoms with Gasteiger partial charge >= 0.3 is 6.18 Å². The Balaban J connectivity index is 2.38. The normalized spacial score (nSPS) is 18.0. The minimum atomic E-state index is -4.25. The molecule has 0 aromatic heterocycles. The van der Waals surface area contributed by atoms with Crippen LogP contribution in [0.3, 0.4) is 0 Å². The average Bonchev–Trinajstić information content (AvgIpc) is 2.52. The predicted octanol–water partition coefficient (Wildman–Crippen LogP) is 2.60. The molecule has 1 aromatic carbocycles. The van der Waals surface area contributed by atoms with E-state index >= 15 is 0 Å². The summed E-state index contributed by atoms with van der Waals surface area (Å²) in [6, 6.07) is 4.20. The highest BCUT2D eigenvalue weighted by Gasteiger charge is 2.37. The Hall–Kier alpha value is -1.47. The van der Waals surface area contributed by atoms with Crippen LogP contribution in [-0.2, 0) is 0 Å². The van der Waals surface area contributed by atoms with Crippen molar-refractivity contribution < 1.29 is 22.6 Å². The zero-order valence-corrected chi connectivity index (χ0v) is 12.7. The summed E-state index contributed by atoms with van der Waals surface area (Å²) in [5.74, 6) is 0.978. The van der Waals surface area contributed by atoms with Gasteiger partial charge in [0.25, 0.3) is 0 Å². The SMILES string of the molecule is COc1ccc(OC)c([C@@H](CC(F)(F)F)N2CCNCC2)c1. The highest BCUT2D eigenvalue weighted by Crippen LogP contribution is 2.39. The van der Waals surface area contributed by atoms with Gasteiger partial charge in [0.15, 0.2) is 0 Å². The van der Waals surface area contributed by atoms with Crippen molar-refractivity contribution in [3.8, 4) is 11.5 Å². The Bertz CT molecular complexity index is 488. The van der Waals surface area contributed by atoms with Crippen molar-refractivity contribution in [2.24, 2.45) is 0 Å². The summed E-state index contributed by atoms with van der Waals surface area (Å²) in [5.41, 5.74) is 0.515. The molecule has 0 aliphatic carbocycles. The van der Waals surface area contributed by atoms with Crippen LogP contribution < -0.4 is 14.8 Å². The molecular formula is C15H21F3N2O2. The van der Waals surface area contributed by atoms with Crippen LogP contribution in [-0.4, -0.2) is 51.5 Å². The number of halogens is 3.